The molecule has 1 aliphatic carbocycles. The minimum atomic E-state index is -1.29. The fourth-order valence-corrected chi connectivity index (χ4v) is 6.98. The van der Waals surface area contributed by atoms with Crippen LogP contribution in [0.15, 0.2) is 42.5 Å². The number of benzene rings is 2. The summed E-state index contributed by atoms with van der Waals surface area (Å²) < 4.78 is 77.6. The van der Waals surface area contributed by atoms with Gasteiger partial charge in [0, 0.05) is 41.9 Å². The summed E-state index contributed by atoms with van der Waals surface area (Å²) in [6, 6.07) is 6.91. The zero-order valence-electron chi connectivity index (χ0n) is 27.0. The number of halogens is 4. The molecule has 2 saturated heterocycles. The molecular formula is C36H35F4N5O3. The number of hydrogen-bond donors (Lipinski definition) is 0. The number of likely N-dealkylation sites (tertiary alicyclic amines) is 1. The van der Waals surface area contributed by atoms with Crippen LogP contribution in [0.5, 0.6) is 11.8 Å². The van der Waals surface area contributed by atoms with Gasteiger partial charge in [-0.2, -0.15) is 9.97 Å². The van der Waals surface area contributed by atoms with Crippen molar-refractivity contribution in [2.75, 3.05) is 58.3 Å². The normalized spacial score (nSPS) is 24.2. The van der Waals surface area contributed by atoms with Crippen molar-refractivity contribution in [1.82, 2.24) is 19.9 Å². The minimum Gasteiger partial charge on any atom is -0.462 e. The van der Waals surface area contributed by atoms with E-state index in [4.69, 9.17) is 19.2 Å². The third-order valence-electron chi connectivity index (χ3n) is 9.63. The van der Waals surface area contributed by atoms with E-state index < -0.39 is 36.1 Å². The maximum absolute atomic E-state index is 17.1. The predicted octanol–water partition coefficient (Wildman–Crippen LogP) is 6.25. The molecule has 1 saturated carbocycles. The molecule has 2 aliphatic heterocycles. The Bertz CT molecular complexity index is 2000. The third kappa shape index (κ3) is 5.48. The average molecular weight is 662 g/mol. The van der Waals surface area contributed by atoms with E-state index in [-0.39, 0.29) is 69.9 Å². The molecule has 7 rings (SSSR count). The van der Waals surface area contributed by atoms with Gasteiger partial charge in [0.2, 0.25) is 6.86 Å². The van der Waals surface area contributed by atoms with Gasteiger partial charge in [-0.3, -0.25) is 0 Å². The van der Waals surface area contributed by atoms with Gasteiger partial charge in [-0.25, -0.2) is 22.5 Å². The molecular weight excluding hydrogens is 626 g/mol. The molecule has 8 nitrogen and oxygen atoms in total. The molecule has 0 N–H and O–H groups in total. The van der Waals surface area contributed by atoms with Gasteiger partial charge in [0.25, 0.3) is 0 Å². The fraction of sp³-hybridized carbons (Fsp3) is 0.417. The van der Waals surface area contributed by atoms with Crippen LogP contribution in [-0.4, -0.2) is 85.4 Å². The zero-order valence-corrected chi connectivity index (χ0v) is 27.0. The molecule has 0 radical (unpaired) electrons. The molecule has 4 heterocycles. The van der Waals surface area contributed by atoms with Crippen molar-refractivity contribution < 1.29 is 31.8 Å². The number of alkyl halides is 2. The first-order valence-electron chi connectivity index (χ1n) is 15.9. The quantitative estimate of drug-likeness (QED) is 0.131. The van der Waals surface area contributed by atoms with E-state index in [0.717, 1.165) is 24.6 Å². The smallest absolute Gasteiger partial charge is 0.319 e. The minimum absolute atomic E-state index is 0.102. The molecule has 0 amide bonds. The Morgan fingerprint density at radius 1 is 1.10 bits per heavy atom. The molecule has 2 aromatic heterocycles. The van der Waals surface area contributed by atoms with Crippen LogP contribution in [0, 0.1) is 34.8 Å². The Kier molecular flexibility index (Phi) is 8.37. The van der Waals surface area contributed by atoms with Crippen LogP contribution in [0.2, 0.25) is 0 Å². The van der Waals surface area contributed by atoms with Crippen molar-refractivity contribution >= 4 is 27.5 Å². The van der Waals surface area contributed by atoms with E-state index in [1.807, 2.05) is 7.05 Å². The first-order valence-corrected chi connectivity index (χ1v) is 15.9. The van der Waals surface area contributed by atoms with Crippen molar-refractivity contribution in [2.45, 2.75) is 32.5 Å². The number of aromatic nitrogens is 3. The summed E-state index contributed by atoms with van der Waals surface area (Å²) in [5, 5.41) is 0.816. The average Bonchev–Trinajstić information content (AvgIpc) is 3.77. The summed E-state index contributed by atoms with van der Waals surface area (Å²) in [5.41, 5.74) is 0.547. The fourth-order valence-electron chi connectivity index (χ4n) is 6.98. The maximum atomic E-state index is 17.1. The summed E-state index contributed by atoms with van der Waals surface area (Å²) in [7, 11) is 2.03. The van der Waals surface area contributed by atoms with Crippen molar-refractivity contribution in [3.63, 3.8) is 0 Å². The first kappa shape index (κ1) is 32.1. The topological polar surface area (TPSA) is 72.8 Å². The first-order chi connectivity index (χ1) is 23.1. The number of pyridine rings is 1. The highest BCUT2D eigenvalue weighted by atomic mass is 19.1. The van der Waals surface area contributed by atoms with Crippen LogP contribution in [-0.2, 0) is 4.74 Å². The van der Waals surface area contributed by atoms with Crippen LogP contribution in [0.1, 0.15) is 26.0 Å². The van der Waals surface area contributed by atoms with Crippen molar-refractivity contribution in [3.05, 3.63) is 59.8 Å². The van der Waals surface area contributed by atoms with Crippen molar-refractivity contribution in [2.24, 2.45) is 11.3 Å². The lowest BCUT2D eigenvalue weighted by Crippen LogP contribution is -2.44. The number of piperidine rings is 1. The summed E-state index contributed by atoms with van der Waals surface area (Å²) >= 11 is 0. The van der Waals surface area contributed by atoms with Crippen LogP contribution >= 0.6 is 0 Å². The van der Waals surface area contributed by atoms with Crippen molar-refractivity contribution in [1.29, 1.82) is 0 Å². The number of nitrogens with zero attached hydrogens (tertiary/aromatic N) is 5. The number of ether oxygens (including phenoxy) is 3. The summed E-state index contributed by atoms with van der Waals surface area (Å²) in [6.07, 6.45) is -0.353. The molecule has 2 aromatic carbocycles. The van der Waals surface area contributed by atoms with Crippen LogP contribution in [0.25, 0.3) is 32.9 Å². The second-order valence-electron chi connectivity index (χ2n) is 12.9. The van der Waals surface area contributed by atoms with Gasteiger partial charge in [-0.1, -0.05) is 49.3 Å². The van der Waals surface area contributed by atoms with Gasteiger partial charge in [0.1, 0.15) is 35.5 Å². The zero-order chi connectivity index (χ0) is 33.7. The lowest BCUT2D eigenvalue weighted by molar-refractivity contribution is 0.112. The standard InChI is InChI=1S/C36H35F4N5O3/c1-5-7-25-27-31(29(40)30(41-25)22-9-6-8-21-10-11-24(38)33(26(21)22)48-19-37)42-35(47-18-36(3)17-44(4)13-12-20(36)2)43-34(27)45-14-15-46-16-23-28(39)32(23)45/h6,8-11,23,28,32H,2,12-19H2,1,3-4H3/t23-,28-,32-,36-/m0/s1. The van der Waals surface area contributed by atoms with Crippen LogP contribution < -0.4 is 14.4 Å². The Labute approximate surface area is 275 Å². The summed E-state index contributed by atoms with van der Waals surface area (Å²) in [6.45, 7) is 9.27. The maximum Gasteiger partial charge on any atom is 0.319 e. The van der Waals surface area contributed by atoms with E-state index in [2.05, 4.69) is 40.2 Å². The number of hydrogen-bond acceptors (Lipinski definition) is 8. The second-order valence-corrected chi connectivity index (χ2v) is 12.9. The largest absolute Gasteiger partial charge is 0.462 e. The summed E-state index contributed by atoms with van der Waals surface area (Å²) in [5.74, 6) is 3.63. The van der Waals surface area contributed by atoms with E-state index >= 15 is 8.78 Å². The van der Waals surface area contributed by atoms with E-state index in [9.17, 15) is 8.78 Å². The highest BCUT2D eigenvalue weighted by molar-refractivity contribution is 6.03. The molecule has 4 atom stereocenters. The lowest BCUT2D eigenvalue weighted by Gasteiger charge is -2.40. The third-order valence-corrected chi connectivity index (χ3v) is 9.63. The van der Waals surface area contributed by atoms with Gasteiger partial charge in [0.05, 0.1) is 24.6 Å². The van der Waals surface area contributed by atoms with Gasteiger partial charge in [-0.05, 0) is 37.8 Å². The van der Waals surface area contributed by atoms with Crippen molar-refractivity contribution in [3.8, 4) is 34.9 Å². The highest BCUT2D eigenvalue weighted by Gasteiger charge is 2.56. The van der Waals surface area contributed by atoms with E-state index in [1.165, 1.54) is 6.07 Å². The molecule has 3 fully saturated rings. The lowest BCUT2D eigenvalue weighted by atomic mass is 9.79. The Morgan fingerprint density at radius 3 is 2.73 bits per heavy atom. The second kappa shape index (κ2) is 12.5. The molecule has 12 heteroatoms. The number of fused-ring (bicyclic) bond motifs is 3. The number of anilines is 1. The highest BCUT2D eigenvalue weighted by Crippen LogP contribution is 2.46. The Hall–Kier alpha value is -4.47. The molecule has 4 aromatic rings. The molecule has 0 bridgehead atoms. The Balaban J connectivity index is 1.46. The monoisotopic (exact) mass is 661 g/mol. The van der Waals surface area contributed by atoms with Crippen LogP contribution in [0.4, 0.5) is 23.4 Å². The SMILES string of the molecule is C=C1CCN(C)C[C@@]1(C)COc1nc(N2CCOC[C@H]3[C@H](F)[C@H]32)c2c(C#CC)nc(-c3cccc4ccc(F)c(OCF)c34)c(F)c2n1. The molecule has 3 aliphatic rings. The Morgan fingerprint density at radius 2 is 1.94 bits per heavy atom. The van der Waals surface area contributed by atoms with E-state index in [0.29, 0.717) is 25.1 Å². The van der Waals surface area contributed by atoms with Gasteiger partial charge >= 0.3 is 6.01 Å². The molecule has 48 heavy (non-hydrogen) atoms. The predicted molar refractivity (Wildman–Crippen MR) is 175 cm³/mol. The summed E-state index contributed by atoms with van der Waals surface area (Å²) in [4.78, 5) is 18.0. The number of rotatable bonds is 7. The molecule has 250 valence electrons. The van der Waals surface area contributed by atoms with Gasteiger partial charge in [-0.15, -0.1) is 0 Å². The van der Waals surface area contributed by atoms with Gasteiger partial charge < -0.3 is 24.0 Å². The molecule has 0 unspecified atom stereocenters. The molecule has 0 spiro atoms. The van der Waals surface area contributed by atoms with Crippen LogP contribution in [0.3, 0.4) is 0 Å². The van der Waals surface area contributed by atoms with Gasteiger partial charge in [0.15, 0.2) is 17.4 Å². The van der Waals surface area contributed by atoms with E-state index in [1.54, 1.807) is 30.0 Å².